The highest BCUT2D eigenvalue weighted by Crippen LogP contribution is 2.24. The molecule has 0 aliphatic rings. The zero-order valence-electron chi connectivity index (χ0n) is 29.3. The molecule has 3 atom stereocenters. The van der Waals surface area contributed by atoms with E-state index in [2.05, 4.69) is 35.7 Å². The van der Waals surface area contributed by atoms with E-state index < -0.39 is 79.0 Å². The van der Waals surface area contributed by atoms with Crippen LogP contribution >= 0.6 is 0 Å². The first-order chi connectivity index (χ1) is 22.4. The summed E-state index contributed by atoms with van der Waals surface area (Å²) in [5.41, 5.74) is -0.119. The maximum atomic E-state index is 12.1. The van der Waals surface area contributed by atoms with Gasteiger partial charge < -0.3 is 44.4 Å². The predicted molar refractivity (Wildman–Crippen MR) is 175 cm³/mol. The van der Waals surface area contributed by atoms with E-state index >= 15 is 0 Å². The first kappa shape index (κ1) is 43.9. The molecule has 0 aromatic heterocycles. The smallest absolute Gasteiger partial charge is 0.333 e. The monoisotopic (exact) mass is 683 g/mol. The van der Waals surface area contributed by atoms with Gasteiger partial charge in [0, 0.05) is 40.3 Å². The van der Waals surface area contributed by atoms with Gasteiger partial charge in [0.25, 0.3) is 17.7 Å². The van der Waals surface area contributed by atoms with Crippen molar-refractivity contribution in [2.45, 2.75) is 73.0 Å². The minimum absolute atomic E-state index is 0.132. The lowest BCUT2D eigenvalue weighted by molar-refractivity contribution is -0.145. The van der Waals surface area contributed by atoms with E-state index in [1.165, 1.54) is 20.8 Å². The van der Waals surface area contributed by atoms with Crippen LogP contribution in [0.5, 0.6) is 0 Å². The first-order valence-electron chi connectivity index (χ1n) is 15.5. The van der Waals surface area contributed by atoms with Crippen molar-refractivity contribution in [1.82, 2.24) is 16.0 Å². The lowest BCUT2D eigenvalue weighted by Crippen LogP contribution is -2.44. The number of amides is 3. The molecule has 0 aliphatic heterocycles. The van der Waals surface area contributed by atoms with Crippen LogP contribution in [0.25, 0.3) is 0 Å². The average Bonchev–Trinajstić information content (AvgIpc) is 3.00. The number of hydrogen-bond acceptors (Lipinski definition) is 12. The summed E-state index contributed by atoms with van der Waals surface area (Å²) in [6, 6.07) is -1.25. The van der Waals surface area contributed by atoms with Gasteiger partial charge in [-0.2, -0.15) is 0 Å². The molecule has 0 spiro atoms. The normalized spacial score (nSPS) is 13.8. The molecule has 48 heavy (non-hydrogen) atoms. The van der Waals surface area contributed by atoms with Crippen LogP contribution in [0, 0.1) is 5.41 Å². The summed E-state index contributed by atoms with van der Waals surface area (Å²) in [5.74, 6) is -3.48. The Morgan fingerprint density at radius 1 is 0.542 bits per heavy atom. The highest BCUT2D eigenvalue weighted by Gasteiger charge is 2.31. The van der Waals surface area contributed by atoms with E-state index in [4.69, 9.17) is 28.4 Å². The molecular weight excluding hydrogens is 630 g/mol. The molecular formula is C33H53N3O12. The van der Waals surface area contributed by atoms with Crippen molar-refractivity contribution >= 4 is 35.6 Å². The SMILES string of the molecule is C=C(C)C(=O)OCC(=O)NC(C)COCC(CC)(COCC(C)NC(=O)COC(=O)C(=C)C)COCC(C)NC(=O)COC(=O)C(=C)C. The van der Waals surface area contributed by atoms with Gasteiger partial charge in [-0.05, 0) is 48.0 Å². The minimum atomic E-state index is -0.665. The molecule has 0 saturated heterocycles. The van der Waals surface area contributed by atoms with Gasteiger partial charge in [-0.15, -0.1) is 0 Å². The predicted octanol–water partition coefficient (Wildman–Crippen LogP) is 1.30. The Bertz CT molecular complexity index is 1020. The van der Waals surface area contributed by atoms with Crippen LogP contribution in [0.3, 0.4) is 0 Å². The van der Waals surface area contributed by atoms with Crippen molar-refractivity contribution < 1.29 is 57.2 Å². The van der Waals surface area contributed by atoms with Gasteiger partial charge in [0.15, 0.2) is 19.8 Å². The number of rotatable bonds is 25. The van der Waals surface area contributed by atoms with E-state index in [1.54, 1.807) is 20.8 Å². The molecule has 0 aliphatic carbocycles. The van der Waals surface area contributed by atoms with Crippen molar-refractivity contribution in [3.05, 3.63) is 36.5 Å². The number of carbonyl (C=O) groups is 6. The fourth-order valence-corrected chi connectivity index (χ4v) is 3.63. The second kappa shape index (κ2) is 23.3. The number of esters is 3. The summed E-state index contributed by atoms with van der Waals surface area (Å²) in [6.07, 6.45) is 0.555. The Hall–Kier alpha value is -4.08. The Labute approximate surface area is 283 Å². The molecule has 0 fully saturated rings. The number of hydrogen-bond donors (Lipinski definition) is 3. The van der Waals surface area contributed by atoms with Gasteiger partial charge in [-0.3, -0.25) is 14.4 Å². The molecule has 15 nitrogen and oxygen atoms in total. The van der Waals surface area contributed by atoms with Crippen molar-refractivity contribution in [2.24, 2.45) is 5.41 Å². The lowest BCUT2D eigenvalue weighted by Gasteiger charge is -2.33. The van der Waals surface area contributed by atoms with Crippen molar-refractivity contribution in [3.63, 3.8) is 0 Å². The van der Waals surface area contributed by atoms with Gasteiger partial charge in [-0.1, -0.05) is 26.7 Å². The van der Waals surface area contributed by atoms with Crippen LogP contribution in [-0.4, -0.2) is 113 Å². The Kier molecular flexibility index (Phi) is 21.3. The summed E-state index contributed by atoms with van der Waals surface area (Å²) >= 11 is 0. The van der Waals surface area contributed by atoms with Gasteiger partial charge in [0.1, 0.15) is 0 Å². The maximum Gasteiger partial charge on any atom is 0.333 e. The zero-order valence-corrected chi connectivity index (χ0v) is 29.3. The fraction of sp³-hybridized carbons (Fsp3) is 0.636. The summed E-state index contributed by atoms with van der Waals surface area (Å²) in [7, 11) is 0. The molecule has 0 aromatic rings. The van der Waals surface area contributed by atoms with Crippen LogP contribution in [0.2, 0.25) is 0 Å². The summed E-state index contributed by atoms with van der Waals surface area (Å²) < 4.78 is 32.5. The van der Waals surface area contributed by atoms with Crippen molar-refractivity contribution in [3.8, 4) is 0 Å². The highest BCUT2D eigenvalue weighted by atomic mass is 16.5. The molecule has 3 N–H and O–H groups in total. The van der Waals surface area contributed by atoms with Crippen LogP contribution in [0.15, 0.2) is 36.5 Å². The van der Waals surface area contributed by atoms with Crippen LogP contribution in [-0.2, 0) is 57.2 Å². The second-order valence-electron chi connectivity index (χ2n) is 11.9. The molecule has 0 aromatic carbocycles. The summed E-state index contributed by atoms with van der Waals surface area (Å²) in [6.45, 7) is 21.5. The maximum absolute atomic E-state index is 12.1. The third-order valence-corrected chi connectivity index (χ3v) is 6.35. The topological polar surface area (TPSA) is 194 Å². The summed E-state index contributed by atoms with van der Waals surface area (Å²) in [5, 5.41) is 8.08. The molecule has 0 saturated carbocycles. The minimum Gasteiger partial charge on any atom is -0.452 e. The van der Waals surface area contributed by atoms with E-state index in [0.717, 1.165) is 0 Å². The lowest BCUT2D eigenvalue weighted by atomic mass is 9.88. The zero-order chi connectivity index (χ0) is 36.9. The third-order valence-electron chi connectivity index (χ3n) is 6.35. The van der Waals surface area contributed by atoms with Gasteiger partial charge in [-0.25, -0.2) is 14.4 Å². The Balaban J connectivity index is 5.16. The largest absolute Gasteiger partial charge is 0.452 e. The van der Waals surface area contributed by atoms with Crippen LogP contribution in [0.4, 0.5) is 0 Å². The van der Waals surface area contributed by atoms with Crippen LogP contribution in [0.1, 0.15) is 54.9 Å². The molecule has 15 heteroatoms. The molecule has 0 rings (SSSR count). The van der Waals surface area contributed by atoms with Gasteiger partial charge in [0.2, 0.25) is 0 Å². The third kappa shape index (κ3) is 20.2. The average molecular weight is 684 g/mol. The van der Waals surface area contributed by atoms with Crippen molar-refractivity contribution in [1.29, 1.82) is 0 Å². The second-order valence-corrected chi connectivity index (χ2v) is 11.9. The molecule has 272 valence electrons. The number of nitrogens with one attached hydrogen (secondary N) is 3. The Morgan fingerprint density at radius 3 is 1.00 bits per heavy atom. The fourth-order valence-electron chi connectivity index (χ4n) is 3.63. The van der Waals surface area contributed by atoms with Gasteiger partial charge in [0.05, 0.1) is 39.6 Å². The standard InChI is InChI=1S/C33H53N3O12/c1-11-33(18-43-12-24(8)34-27(37)15-46-30(40)21(2)3,19-44-13-25(9)35-28(38)16-47-31(41)22(4)5)20-45-14-26(10)36-29(39)17-48-32(42)23(6)7/h24-26H,2,4,6,11-20H2,1,3,5,7-10H3,(H,34,37)(H,35,38)(H,36,39). The molecule has 0 heterocycles. The van der Waals surface area contributed by atoms with E-state index in [0.29, 0.717) is 6.42 Å². The Morgan fingerprint density at radius 2 is 0.792 bits per heavy atom. The van der Waals surface area contributed by atoms with Crippen LogP contribution < -0.4 is 16.0 Å². The van der Waals surface area contributed by atoms with E-state index in [1.807, 2.05) is 6.92 Å². The summed E-state index contributed by atoms with van der Waals surface area (Å²) in [4.78, 5) is 71.0. The molecule has 0 radical (unpaired) electrons. The first-order valence-corrected chi connectivity index (χ1v) is 15.5. The molecule has 0 bridgehead atoms. The van der Waals surface area contributed by atoms with Gasteiger partial charge >= 0.3 is 17.9 Å². The van der Waals surface area contributed by atoms with Crippen molar-refractivity contribution in [2.75, 3.05) is 59.5 Å². The highest BCUT2D eigenvalue weighted by molar-refractivity contribution is 5.90. The van der Waals surface area contributed by atoms with E-state index in [9.17, 15) is 28.8 Å². The molecule has 3 amide bonds. The van der Waals surface area contributed by atoms with E-state index in [-0.39, 0.29) is 56.4 Å². The number of ether oxygens (including phenoxy) is 6. The quantitative estimate of drug-likeness (QED) is 0.0711. The number of carbonyl (C=O) groups excluding carboxylic acids is 6. The molecule has 3 unspecified atom stereocenters.